The van der Waals surface area contributed by atoms with Gasteiger partial charge < -0.3 is 10.2 Å². The average molecular weight is 328 g/mol. The second kappa shape index (κ2) is 6.54. The lowest BCUT2D eigenvalue weighted by atomic mass is 10.1. The Morgan fingerprint density at radius 3 is 2.65 bits per heavy atom. The third kappa shape index (κ3) is 3.62. The summed E-state index contributed by atoms with van der Waals surface area (Å²) in [7, 11) is 1.78. The molecule has 23 heavy (non-hydrogen) atoms. The van der Waals surface area contributed by atoms with Gasteiger partial charge in [0.2, 0.25) is 5.91 Å². The van der Waals surface area contributed by atoms with Crippen LogP contribution in [0.4, 0.5) is 5.69 Å². The molecule has 1 heterocycles. The van der Waals surface area contributed by atoms with Gasteiger partial charge in [0.25, 0.3) is 5.91 Å². The van der Waals surface area contributed by atoms with Crippen LogP contribution in [-0.4, -0.2) is 23.8 Å². The Kier molecular flexibility index (Phi) is 4.48. The molecular weight excluding hydrogens is 308 g/mol. The number of amides is 2. The second-order valence-corrected chi connectivity index (χ2v) is 7.05. The number of anilines is 1. The molecule has 1 aliphatic rings. The molecule has 1 aromatic heterocycles. The van der Waals surface area contributed by atoms with Crippen LogP contribution in [-0.2, 0) is 11.3 Å². The monoisotopic (exact) mass is 328 g/mol. The molecule has 1 saturated carbocycles. The minimum atomic E-state index is -0.00283. The molecule has 0 bridgehead atoms. The van der Waals surface area contributed by atoms with Gasteiger partial charge in [0.05, 0.1) is 4.88 Å². The summed E-state index contributed by atoms with van der Waals surface area (Å²) in [5.74, 6) is 0.688. The Bertz CT molecular complexity index is 712. The molecule has 1 N–H and O–H groups in total. The van der Waals surface area contributed by atoms with Gasteiger partial charge in [-0.05, 0) is 35.4 Å². The minimum absolute atomic E-state index is 0.00283. The van der Waals surface area contributed by atoms with Gasteiger partial charge in [-0.25, -0.2) is 0 Å². The molecule has 2 amide bonds. The molecule has 0 spiro atoms. The molecule has 2 atom stereocenters. The highest BCUT2D eigenvalue weighted by Gasteiger charge is 2.39. The fraction of sp³-hybridized carbons (Fsp3) is 0.333. The molecule has 3 rings (SSSR count). The molecule has 5 heteroatoms. The molecule has 1 aliphatic carbocycles. The fourth-order valence-electron chi connectivity index (χ4n) is 2.61. The number of nitrogens with zero attached hydrogens (tertiary/aromatic N) is 1. The highest BCUT2D eigenvalue weighted by atomic mass is 32.1. The van der Waals surface area contributed by atoms with Crippen LogP contribution < -0.4 is 5.32 Å². The van der Waals surface area contributed by atoms with Crippen LogP contribution in [0.1, 0.15) is 28.6 Å². The lowest BCUT2D eigenvalue weighted by molar-refractivity contribution is -0.117. The van der Waals surface area contributed by atoms with Gasteiger partial charge in [-0.15, -0.1) is 11.3 Å². The summed E-state index contributed by atoms with van der Waals surface area (Å²) < 4.78 is 0. The topological polar surface area (TPSA) is 49.4 Å². The quantitative estimate of drug-likeness (QED) is 0.911. The lowest BCUT2D eigenvalue weighted by Crippen LogP contribution is -2.26. The van der Waals surface area contributed by atoms with Crippen molar-refractivity contribution in [2.75, 3.05) is 12.4 Å². The third-order valence-electron chi connectivity index (χ3n) is 4.21. The maximum Gasteiger partial charge on any atom is 0.263 e. The van der Waals surface area contributed by atoms with E-state index in [1.165, 1.54) is 11.3 Å². The standard InChI is InChI=1S/C18H20N2O2S/c1-12-10-14(12)17(21)19-15-7-4-3-6-13(15)11-20(2)18(22)16-8-5-9-23-16/h3-9,12,14H,10-11H2,1-2H3,(H,19,21)/t12-,14-/m1/s1. The number of thiophene rings is 1. The van der Waals surface area contributed by atoms with E-state index in [0.717, 1.165) is 22.5 Å². The van der Waals surface area contributed by atoms with E-state index in [4.69, 9.17) is 0 Å². The van der Waals surface area contributed by atoms with Gasteiger partial charge >= 0.3 is 0 Å². The van der Waals surface area contributed by atoms with Crippen molar-refractivity contribution in [2.45, 2.75) is 19.9 Å². The van der Waals surface area contributed by atoms with E-state index < -0.39 is 0 Å². The van der Waals surface area contributed by atoms with Crippen LogP contribution in [0.15, 0.2) is 41.8 Å². The van der Waals surface area contributed by atoms with Crippen LogP contribution in [0.2, 0.25) is 0 Å². The van der Waals surface area contributed by atoms with Gasteiger partial charge in [0.1, 0.15) is 0 Å². The smallest absolute Gasteiger partial charge is 0.263 e. The first-order chi connectivity index (χ1) is 11.1. The summed E-state index contributed by atoms with van der Waals surface area (Å²) in [5.41, 5.74) is 1.74. The zero-order chi connectivity index (χ0) is 16.4. The summed E-state index contributed by atoms with van der Waals surface area (Å²) in [5, 5.41) is 4.90. The summed E-state index contributed by atoms with van der Waals surface area (Å²) in [6, 6.07) is 11.4. The fourth-order valence-corrected chi connectivity index (χ4v) is 3.33. The van der Waals surface area contributed by atoms with Crippen molar-refractivity contribution in [1.82, 2.24) is 4.90 Å². The van der Waals surface area contributed by atoms with Crippen LogP contribution >= 0.6 is 11.3 Å². The first-order valence-corrected chi connectivity index (χ1v) is 8.62. The SMILES string of the molecule is C[C@@H]1C[C@H]1C(=O)Nc1ccccc1CN(C)C(=O)c1cccs1. The van der Waals surface area contributed by atoms with Crippen LogP contribution in [0.5, 0.6) is 0 Å². The summed E-state index contributed by atoms with van der Waals surface area (Å²) in [4.78, 5) is 26.9. The van der Waals surface area contributed by atoms with Gasteiger partial charge in [0, 0.05) is 25.2 Å². The number of carbonyl (C=O) groups is 2. The number of hydrogen-bond donors (Lipinski definition) is 1. The Labute approximate surface area is 140 Å². The van der Waals surface area contributed by atoms with Gasteiger partial charge in [-0.3, -0.25) is 9.59 Å². The largest absolute Gasteiger partial charge is 0.337 e. The van der Waals surface area contributed by atoms with Crippen molar-refractivity contribution in [3.63, 3.8) is 0 Å². The van der Waals surface area contributed by atoms with Crippen molar-refractivity contribution >= 4 is 28.8 Å². The second-order valence-electron chi connectivity index (χ2n) is 6.10. The van der Waals surface area contributed by atoms with E-state index in [9.17, 15) is 9.59 Å². The van der Waals surface area contributed by atoms with E-state index in [0.29, 0.717) is 12.5 Å². The third-order valence-corrected chi connectivity index (χ3v) is 5.07. The number of carbonyl (C=O) groups excluding carboxylic acids is 2. The molecule has 1 aromatic carbocycles. The summed E-state index contributed by atoms with van der Waals surface area (Å²) in [6.45, 7) is 2.55. The molecule has 0 radical (unpaired) electrons. The van der Waals surface area contributed by atoms with Crippen molar-refractivity contribution in [3.8, 4) is 0 Å². The van der Waals surface area contributed by atoms with Crippen molar-refractivity contribution in [1.29, 1.82) is 0 Å². The van der Waals surface area contributed by atoms with Crippen LogP contribution in [0.3, 0.4) is 0 Å². The average Bonchev–Trinajstić information content (AvgIpc) is 3.04. The Morgan fingerprint density at radius 1 is 1.26 bits per heavy atom. The summed E-state index contributed by atoms with van der Waals surface area (Å²) >= 11 is 1.44. The number of benzene rings is 1. The van der Waals surface area contributed by atoms with Gasteiger partial charge in [-0.2, -0.15) is 0 Å². The lowest BCUT2D eigenvalue weighted by Gasteiger charge is -2.19. The van der Waals surface area contributed by atoms with Crippen molar-refractivity contribution in [2.24, 2.45) is 11.8 Å². The van der Waals surface area contributed by atoms with E-state index in [2.05, 4.69) is 12.2 Å². The minimum Gasteiger partial charge on any atom is -0.337 e. The van der Waals surface area contributed by atoms with E-state index in [1.54, 1.807) is 11.9 Å². The maximum absolute atomic E-state index is 12.4. The molecular formula is C18H20N2O2S. The van der Waals surface area contributed by atoms with E-state index in [1.807, 2.05) is 41.8 Å². The normalized spacial score (nSPS) is 19.2. The highest BCUT2D eigenvalue weighted by molar-refractivity contribution is 7.12. The first kappa shape index (κ1) is 15.7. The molecule has 120 valence electrons. The Hall–Kier alpha value is -2.14. The van der Waals surface area contributed by atoms with Crippen molar-refractivity contribution < 1.29 is 9.59 Å². The number of nitrogens with one attached hydrogen (secondary N) is 1. The molecule has 2 aromatic rings. The van der Waals surface area contributed by atoms with Crippen LogP contribution in [0, 0.1) is 11.8 Å². The number of para-hydroxylation sites is 1. The van der Waals surface area contributed by atoms with Crippen LogP contribution in [0.25, 0.3) is 0 Å². The van der Waals surface area contributed by atoms with Crippen molar-refractivity contribution in [3.05, 3.63) is 52.2 Å². The van der Waals surface area contributed by atoms with Gasteiger partial charge in [-0.1, -0.05) is 31.2 Å². The molecule has 0 saturated heterocycles. The number of hydrogen-bond acceptors (Lipinski definition) is 3. The number of rotatable bonds is 5. The Balaban J connectivity index is 1.70. The zero-order valence-corrected chi connectivity index (χ0v) is 14.1. The predicted octanol–water partition coefficient (Wildman–Crippen LogP) is 3.61. The van der Waals surface area contributed by atoms with E-state index >= 15 is 0 Å². The first-order valence-electron chi connectivity index (χ1n) is 7.74. The molecule has 0 unspecified atom stereocenters. The molecule has 1 fully saturated rings. The molecule has 0 aliphatic heterocycles. The highest BCUT2D eigenvalue weighted by Crippen LogP contribution is 2.38. The van der Waals surface area contributed by atoms with Gasteiger partial charge in [0.15, 0.2) is 0 Å². The predicted molar refractivity (Wildman–Crippen MR) is 92.5 cm³/mol. The Morgan fingerprint density at radius 2 is 2.00 bits per heavy atom. The molecule has 4 nitrogen and oxygen atoms in total. The van der Waals surface area contributed by atoms with E-state index in [-0.39, 0.29) is 17.7 Å². The summed E-state index contributed by atoms with van der Waals surface area (Å²) in [6.07, 6.45) is 0.963. The zero-order valence-electron chi connectivity index (χ0n) is 13.3. The maximum atomic E-state index is 12.4.